The van der Waals surface area contributed by atoms with Gasteiger partial charge in [0.2, 0.25) is 11.8 Å². The molecular formula is C34H35ClN6O5. The lowest BCUT2D eigenvalue weighted by molar-refractivity contribution is -0.131. The molecular weight excluding hydrogens is 608 g/mol. The number of anilines is 1. The van der Waals surface area contributed by atoms with Gasteiger partial charge in [-0.2, -0.15) is 5.10 Å². The topological polar surface area (TPSA) is 136 Å². The maximum Gasteiger partial charge on any atom is 0.279 e. The summed E-state index contributed by atoms with van der Waals surface area (Å²) in [5.41, 5.74) is 6.06. The first-order valence-corrected chi connectivity index (χ1v) is 15.4. The summed E-state index contributed by atoms with van der Waals surface area (Å²) in [7, 11) is 3.11. The molecule has 3 heterocycles. The van der Waals surface area contributed by atoms with Crippen molar-refractivity contribution in [3.8, 4) is 28.3 Å². The smallest absolute Gasteiger partial charge is 0.279 e. The first kappa shape index (κ1) is 31.4. The maximum absolute atomic E-state index is 13.0. The Morgan fingerprint density at radius 3 is 2.70 bits per heavy atom. The quantitative estimate of drug-likeness (QED) is 0.262. The van der Waals surface area contributed by atoms with Crippen LogP contribution in [0.5, 0.6) is 5.88 Å². The number of amides is 2. The van der Waals surface area contributed by atoms with E-state index in [0.29, 0.717) is 35.4 Å². The summed E-state index contributed by atoms with van der Waals surface area (Å²) in [5.74, 6) is 0.180. The first-order valence-electron chi connectivity index (χ1n) is 15.1. The van der Waals surface area contributed by atoms with E-state index in [1.165, 1.54) is 19.3 Å². The predicted octanol–water partition coefficient (Wildman–Crippen LogP) is 4.07. The van der Waals surface area contributed by atoms with Crippen LogP contribution < -0.4 is 26.2 Å². The molecule has 12 heteroatoms. The van der Waals surface area contributed by atoms with Crippen molar-refractivity contribution in [2.24, 2.45) is 13.0 Å². The molecule has 0 saturated carbocycles. The Labute approximate surface area is 271 Å². The van der Waals surface area contributed by atoms with Crippen LogP contribution in [0.4, 0.5) is 5.69 Å². The lowest BCUT2D eigenvalue weighted by Crippen LogP contribution is -2.51. The normalized spacial score (nSPS) is 19.0. The summed E-state index contributed by atoms with van der Waals surface area (Å²) < 4.78 is 12.3. The Hall–Kier alpha value is -4.58. The van der Waals surface area contributed by atoms with E-state index < -0.39 is 11.5 Å². The number of nitrogens with zero attached hydrogens (tertiary/aromatic N) is 3. The molecule has 0 spiro atoms. The zero-order valence-electron chi connectivity index (χ0n) is 26.0. The minimum atomic E-state index is -0.517. The highest BCUT2D eigenvalue weighted by Crippen LogP contribution is 2.44. The molecule has 46 heavy (non-hydrogen) atoms. The van der Waals surface area contributed by atoms with E-state index in [4.69, 9.17) is 26.1 Å². The number of aromatic nitrogens is 3. The molecule has 11 nitrogen and oxygen atoms in total. The van der Waals surface area contributed by atoms with Crippen LogP contribution in [0.1, 0.15) is 40.0 Å². The number of aryl methyl sites for hydroxylation is 1. The van der Waals surface area contributed by atoms with Crippen LogP contribution in [0.25, 0.3) is 22.4 Å². The zero-order chi connectivity index (χ0) is 32.5. The third kappa shape index (κ3) is 6.01. The number of morpholine rings is 1. The van der Waals surface area contributed by atoms with Crippen molar-refractivity contribution < 1.29 is 19.1 Å². The van der Waals surface area contributed by atoms with Crippen LogP contribution in [-0.2, 0) is 23.0 Å². The highest BCUT2D eigenvalue weighted by molar-refractivity contribution is 6.36. The van der Waals surface area contributed by atoms with Crippen LogP contribution in [0.15, 0.2) is 59.5 Å². The number of halogens is 1. The van der Waals surface area contributed by atoms with Crippen LogP contribution >= 0.6 is 11.6 Å². The summed E-state index contributed by atoms with van der Waals surface area (Å²) in [6, 6.07) is 14.7. The molecule has 6 rings (SSSR count). The number of rotatable bonds is 8. The SMILES string of the molecule is COc1nc(-c2cccc(-c3cccc(NC(=O)c4ccnn(C)c4=O)c3C)c2Cl)cc2c1[C@@H](NC[C@@H]1COCC(=O)N1)[C@H](C)C2. The number of fused-ring (bicyclic) bond motifs is 1. The van der Waals surface area contributed by atoms with Crippen molar-refractivity contribution in [1.29, 1.82) is 0 Å². The van der Waals surface area contributed by atoms with Gasteiger partial charge in [-0.25, -0.2) is 9.67 Å². The average molecular weight is 643 g/mol. The molecule has 3 atom stereocenters. The standard InChI is InChI=1S/C34H35ClN6O5/c1-18-13-20-14-27(40-33(45-4)29(20)31(18)36-15-21-16-46-17-28(42)38-21)24-9-5-8-23(30(24)35)22-7-6-10-26(19(22)2)39-32(43)25-11-12-37-41(3)34(25)44/h5-12,14,18,21,31,36H,13,15-17H2,1-4H3,(H,38,42)(H,39,43)/t18-,21-,31+/m1/s1. The number of hydrogen-bond acceptors (Lipinski definition) is 8. The summed E-state index contributed by atoms with van der Waals surface area (Å²) >= 11 is 7.12. The molecule has 0 bridgehead atoms. The Morgan fingerprint density at radius 2 is 1.91 bits per heavy atom. The third-order valence-electron chi connectivity index (χ3n) is 8.62. The Balaban J connectivity index is 1.29. The van der Waals surface area contributed by atoms with Gasteiger partial charge in [-0.1, -0.05) is 48.9 Å². The van der Waals surface area contributed by atoms with Crippen molar-refractivity contribution in [2.45, 2.75) is 32.4 Å². The molecule has 1 aliphatic heterocycles. The van der Waals surface area contributed by atoms with Gasteiger partial charge in [0, 0.05) is 48.2 Å². The second kappa shape index (κ2) is 13.0. The number of methoxy groups -OCH3 is 1. The summed E-state index contributed by atoms with van der Waals surface area (Å²) in [5, 5.41) is 13.8. The van der Waals surface area contributed by atoms with Crippen LogP contribution in [-0.4, -0.2) is 59.5 Å². The van der Waals surface area contributed by atoms with Crippen molar-refractivity contribution in [3.63, 3.8) is 0 Å². The summed E-state index contributed by atoms with van der Waals surface area (Å²) in [6.07, 6.45) is 2.24. The Morgan fingerprint density at radius 1 is 1.15 bits per heavy atom. The fourth-order valence-electron chi connectivity index (χ4n) is 6.28. The average Bonchev–Trinajstić information content (AvgIpc) is 3.36. The van der Waals surface area contributed by atoms with Gasteiger partial charge in [0.1, 0.15) is 12.2 Å². The number of nitrogens with one attached hydrogen (secondary N) is 3. The van der Waals surface area contributed by atoms with E-state index in [9.17, 15) is 14.4 Å². The van der Waals surface area contributed by atoms with E-state index in [1.807, 2.05) is 37.3 Å². The lowest BCUT2D eigenvalue weighted by Gasteiger charge is -2.27. The highest BCUT2D eigenvalue weighted by Gasteiger charge is 2.35. The molecule has 1 fully saturated rings. The number of benzene rings is 2. The zero-order valence-corrected chi connectivity index (χ0v) is 26.8. The van der Waals surface area contributed by atoms with Crippen molar-refractivity contribution in [2.75, 3.05) is 32.2 Å². The van der Waals surface area contributed by atoms with E-state index in [-0.39, 0.29) is 36.1 Å². The molecule has 2 aliphatic rings. The van der Waals surface area contributed by atoms with Crippen LogP contribution in [0.3, 0.4) is 0 Å². The molecule has 1 saturated heterocycles. The number of carbonyl (C=O) groups is 2. The van der Waals surface area contributed by atoms with Gasteiger partial charge in [-0.05, 0) is 54.2 Å². The molecule has 4 aromatic rings. The monoisotopic (exact) mass is 642 g/mol. The van der Waals surface area contributed by atoms with Gasteiger partial charge in [0.25, 0.3) is 11.5 Å². The highest BCUT2D eigenvalue weighted by atomic mass is 35.5. The number of carbonyl (C=O) groups excluding carboxylic acids is 2. The first-order chi connectivity index (χ1) is 22.2. The van der Waals surface area contributed by atoms with E-state index in [2.05, 4.69) is 34.0 Å². The third-order valence-corrected chi connectivity index (χ3v) is 9.03. The fraction of sp³-hybridized carbons (Fsp3) is 0.324. The number of pyridine rings is 1. The molecule has 238 valence electrons. The Bertz CT molecular complexity index is 1890. The van der Waals surface area contributed by atoms with Gasteiger partial charge in [-0.3, -0.25) is 14.4 Å². The molecule has 0 unspecified atom stereocenters. The lowest BCUT2D eigenvalue weighted by atomic mass is 9.96. The van der Waals surface area contributed by atoms with Crippen molar-refractivity contribution >= 4 is 29.1 Å². The Kier molecular flexibility index (Phi) is 8.90. The molecule has 2 aromatic heterocycles. The maximum atomic E-state index is 13.0. The van der Waals surface area contributed by atoms with Crippen molar-refractivity contribution in [3.05, 3.63) is 92.4 Å². The summed E-state index contributed by atoms with van der Waals surface area (Å²) in [6.45, 7) is 5.21. The van der Waals surface area contributed by atoms with Gasteiger partial charge in [0.15, 0.2) is 0 Å². The minimum Gasteiger partial charge on any atom is -0.481 e. The van der Waals surface area contributed by atoms with E-state index in [1.54, 1.807) is 13.2 Å². The van der Waals surface area contributed by atoms with Gasteiger partial charge in [-0.15, -0.1) is 0 Å². The fourth-order valence-corrected chi connectivity index (χ4v) is 6.61. The minimum absolute atomic E-state index is 0.0000796. The number of hydrogen-bond donors (Lipinski definition) is 3. The predicted molar refractivity (Wildman–Crippen MR) is 175 cm³/mol. The van der Waals surface area contributed by atoms with Gasteiger partial charge < -0.3 is 25.4 Å². The van der Waals surface area contributed by atoms with Gasteiger partial charge >= 0.3 is 0 Å². The number of ether oxygens (including phenoxy) is 2. The second-order valence-electron chi connectivity index (χ2n) is 11.7. The van der Waals surface area contributed by atoms with E-state index in [0.717, 1.165) is 44.5 Å². The molecule has 2 aromatic carbocycles. The molecule has 3 N–H and O–H groups in total. The molecule has 1 aliphatic carbocycles. The van der Waals surface area contributed by atoms with E-state index >= 15 is 0 Å². The van der Waals surface area contributed by atoms with Crippen LogP contribution in [0, 0.1) is 12.8 Å². The molecule has 2 amide bonds. The largest absolute Gasteiger partial charge is 0.481 e. The van der Waals surface area contributed by atoms with Gasteiger partial charge in [0.05, 0.1) is 30.5 Å². The second-order valence-corrected chi connectivity index (χ2v) is 12.1. The van der Waals surface area contributed by atoms with Crippen LogP contribution in [0.2, 0.25) is 5.02 Å². The van der Waals surface area contributed by atoms with Crippen molar-refractivity contribution in [1.82, 2.24) is 25.4 Å². The summed E-state index contributed by atoms with van der Waals surface area (Å²) in [4.78, 5) is 42.1. The molecule has 0 radical (unpaired) electrons.